The first-order valence-electron chi connectivity index (χ1n) is 5.20. The maximum absolute atomic E-state index is 5.82. The quantitative estimate of drug-likeness (QED) is 0.773. The Kier molecular flexibility index (Phi) is 1.84. The number of nitrogens with one attached hydrogen (secondary N) is 1. The minimum atomic E-state index is 0.0268. The summed E-state index contributed by atoms with van der Waals surface area (Å²) < 4.78 is 5.28. The Hall–Kier alpha value is -1.32. The Bertz CT molecular complexity index is 447. The molecular weight excluding hydrogens is 188 g/mol. The van der Waals surface area contributed by atoms with E-state index in [9.17, 15) is 0 Å². The van der Waals surface area contributed by atoms with Gasteiger partial charge in [-0.1, -0.05) is 18.2 Å². The number of nitrogens with two attached hydrogens (primary N) is 1. The first-order valence-corrected chi connectivity index (χ1v) is 5.20. The van der Waals surface area contributed by atoms with Crippen LogP contribution in [-0.4, -0.2) is 24.7 Å². The molecule has 0 amide bonds. The van der Waals surface area contributed by atoms with Gasteiger partial charge in [-0.15, -0.1) is 0 Å². The number of H-pyrrole nitrogens is 1. The fourth-order valence-electron chi connectivity index (χ4n) is 2.09. The van der Waals surface area contributed by atoms with Crippen LogP contribution in [0, 0.1) is 0 Å². The van der Waals surface area contributed by atoms with Crippen molar-refractivity contribution in [3.05, 3.63) is 36.0 Å². The molecule has 1 aromatic carbocycles. The monoisotopic (exact) mass is 202 g/mol. The van der Waals surface area contributed by atoms with Crippen molar-refractivity contribution in [1.82, 2.24) is 4.98 Å². The van der Waals surface area contributed by atoms with E-state index >= 15 is 0 Å². The van der Waals surface area contributed by atoms with Crippen LogP contribution in [0.4, 0.5) is 0 Å². The molecule has 0 saturated carbocycles. The molecule has 1 aliphatic heterocycles. The van der Waals surface area contributed by atoms with Gasteiger partial charge < -0.3 is 15.5 Å². The average molecular weight is 202 g/mol. The summed E-state index contributed by atoms with van der Waals surface area (Å²) in [6, 6.07) is 10.5. The average Bonchev–Trinajstić information content (AvgIpc) is 2.60. The third-order valence-electron chi connectivity index (χ3n) is 3.25. The first kappa shape index (κ1) is 8.95. The Morgan fingerprint density at radius 3 is 2.73 bits per heavy atom. The van der Waals surface area contributed by atoms with Crippen LogP contribution in [-0.2, 0) is 10.2 Å². The van der Waals surface area contributed by atoms with Crippen molar-refractivity contribution in [1.29, 1.82) is 0 Å². The van der Waals surface area contributed by atoms with Crippen LogP contribution in [0.3, 0.4) is 0 Å². The summed E-state index contributed by atoms with van der Waals surface area (Å²) in [6.07, 6.45) is 0. The molecule has 1 aliphatic rings. The van der Waals surface area contributed by atoms with Crippen molar-refractivity contribution >= 4 is 10.9 Å². The van der Waals surface area contributed by atoms with Crippen molar-refractivity contribution in [2.24, 2.45) is 5.73 Å². The summed E-state index contributed by atoms with van der Waals surface area (Å²) >= 11 is 0. The Morgan fingerprint density at radius 1 is 1.33 bits per heavy atom. The molecule has 0 aliphatic carbocycles. The first-order chi connectivity index (χ1) is 7.34. The molecule has 1 aromatic heterocycles. The molecule has 3 nitrogen and oxygen atoms in total. The van der Waals surface area contributed by atoms with E-state index in [1.807, 2.05) is 12.1 Å². The van der Waals surface area contributed by atoms with E-state index in [-0.39, 0.29) is 5.41 Å². The summed E-state index contributed by atoms with van der Waals surface area (Å²) in [5, 5.41) is 1.24. The predicted octanol–water partition coefficient (Wildman–Crippen LogP) is 1.39. The van der Waals surface area contributed by atoms with E-state index in [1.165, 1.54) is 16.6 Å². The second kappa shape index (κ2) is 3.08. The Morgan fingerprint density at radius 2 is 2.13 bits per heavy atom. The number of benzene rings is 1. The van der Waals surface area contributed by atoms with Crippen LogP contribution in [0.25, 0.3) is 10.9 Å². The largest absolute Gasteiger partial charge is 0.379 e. The summed E-state index contributed by atoms with van der Waals surface area (Å²) in [7, 11) is 0. The maximum Gasteiger partial charge on any atom is 0.0692 e. The van der Waals surface area contributed by atoms with E-state index in [2.05, 4.69) is 23.2 Å². The van der Waals surface area contributed by atoms with Gasteiger partial charge in [-0.3, -0.25) is 0 Å². The molecule has 2 aromatic rings. The molecule has 0 spiro atoms. The lowest BCUT2D eigenvalue weighted by atomic mass is 9.82. The molecule has 2 heterocycles. The highest BCUT2D eigenvalue weighted by Crippen LogP contribution is 2.32. The number of para-hydroxylation sites is 1. The van der Waals surface area contributed by atoms with Gasteiger partial charge in [-0.2, -0.15) is 0 Å². The number of hydrogen-bond donors (Lipinski definition) is 2. The summed E-state index contributed by atoms with van der Waals surface area (Å²) in [4.78, 5) is 3.43. The van der Waals surface area contributed by atoms with Crippen LogP contribution >= 0.6 is 0 Å². The number of aromatic amines is 1. The zero-order valence-corrected chi connectivity index (χ0v) is 8.49. The van der Waals surface area contributed by atoms with E-state index in [4.69, 9.17) is 10.5 Å². The summed E-state index contributed by atoms with van der Waals surface area (Å²) in [6.45, 7) is 2.10. The van der Waals surface area contributed by atoms with Crippen LogP contribution in [0.2, 0.25) is 0 Å². The molecule has 0 bridgehead atoms. The van der Waals surface area contributed by atoms with E-state index < -0.39 is 0 Å². The number of rotatable bonds is 2. The topological polar surface area (TPSA) is 51.0 Å². The van der Waals surface area contributed by atoms with Crippen molar-refractivity contribution in [3.63, 3.8) is 0 Å². The van der Waals surface area contributed by atoms with Gasteiger partial charge in [0.1, 0.15) is 0 Å². The molecule has 1 fully saturated rings. The van der Waals surface area contributed by atoms with E-state index in [0.717, 1.165) is 13.2 Å². The van der Waals surface area contributed by atoms with Gasteiger partial charge in [0, 0.05) is 17.8 Å². The second-order valence-corrected chi connectivity index (χ2v) is 4.25. The lowest BCUT2D eigenvalue weighted by molar-refractivity contribution is -0.0567. The van der Waals surface area contributed by atoms with Crippen LogP contribution in [0.1, 0.15) is 5.69 Å². The van der Waals surface area contributed by atoms with Gasteiger partial charge in [0.05, 0.1) is 18.6 Å². The van der Waals surface area contributed by atoms with Crippen molar-refractivity contribution in [2.75, 3.05) is 19.8 Å². The third-order valence-corrected chi connectivity index (χ3v) is 3.25. The van der Waals surface area contributed by atoms with E-state index in [0.29, 0.717) is 6.54 Å². The molecule has 1 saturated heterocycles. The number of hydrogen-bond acceptors (Lipinski definition) is 2. The molecule has 3 heteroatoms. The van der Waals surface area contributed by atoms with Crippen LogP contribution in [0.5, 0.6) is 0 Å². The fraction of sp³-hybridized carbons (Fsp3) is 0.333. The Balaban J connectivity index is 2.11. The van der Waals surface area contributed by atoms with Gasteiger partial charge in [0.25, 0.3) is 0 Å². The third kappa shape index (κ3) is 1.20. The smallest absolute Gasteiger partial charge is 0.0692 e. The fourth-order valence-corrected chi connectivity index (χ4v) is 2.09. The van der Waals surface area contributed by atoms with Gasteiger partial charge in [-0.25, -0.2) is 0 Å². The van der Waals surface area contributed by atoms with Crippen molar-refractivity contribution < 1.29 is 4.74 Å². The highest BCUT2D eigenvalue weighted by molar-refractivity contribution is 5.80. The highest BCUT2D eigenvalue weighted by Gasteiger charge is 2.40. The van der Waals surface area contributed by atoms with Crippen molar-refractivity contribution in [3.8, 4) is 0 Å². The van der Waals surface area contributed by atoms with Gasteiger partial charge in [-0.05, 0) is 17.5 Å². The number of ether oxygens (including phenoxy) is 1. The maximum atomic E-state index is 5.82. The van der Waals surface area contributed by atoms with Gasteiger partial charge >= 0.3 is 0 Å². The summed E-state index contributed by atoms with van der Waals surface area (Å²) in [5.74, 6) is 0. The minimum Gasteiger partial charge on any atom is -0.379 e. The molecule has 15 heavy (non-hydrogen) atoms. The molecular formula is C12H14N2O. The molecule has 3 N–H and O–H groups in total. The van der Waals surface area contributed by atoms with E-state index in [1.54, 1.807) is 0 Å². The number of fused-ring (bicyclic) bond motifs is 1. The van der Waals surface area contributed by atoms with Crippen LogP contribution in [0.15, 0.2) is 30.3 Å². The van der Waals surface area contributed by atoms with Crippen LogP contribution < -0.4 is 5.73 Å². The van der Waals surface area contributed by atoms with Gasteiger partial charge in [0.15, 0.2) is 0 Å². The normalized spacial score (nSPS) is 19.0. The molecule has 0 radical (unpaired) electrons. The minimum absolute atomic E-state index is 0.0268. The predicted molar refractivity (Wildman–Crippen MR) is 59.9 cm³/mol. The highest BCUT2D eigenvalue weighted by atomic mass is 16.5. The molecule has 3 rings (SSSR count). The zero-order chi connectivity index (χ0) is 10.3. The molecule has 0 atom stereocenters. The van der Waals surface area contributed by atoms with Gasteiger partial charge in [0.2, 0.25) is 0 Å². The SMILES string of the molecule is NCC1(c2cc3ccccc3[nH]2)COC1. The Labute approximate surface area is 88.2 Å². The lowest BCUT2D eigenvalue weighted by Gasteiger charge is -2.39. The van der Waals surface area contributed by atoms with Crippen molar-refractivity contribution in [2.45, 2.75) is 5.41 Å². The zero-order valence-electron chi connectivity index (χ0n) is 8.49. The number of aromatic nitrogens is 1. The second-order valence-electron chi connectivity index (χ2n) is 4.25. The standard InChI is InChI=1S/C12H14N2O/c13-6-12(7-15-8-12)11-5-9-3-1-2-4-10(9)14-11/h1-5,14H,6-8,13H2. The molecule has 0 unspecified atom stereocenters. The molecule has 78 valence electrons. The lowest BCUT2D eigenvalue weighted by Crippen LogP contribution is -2.52. The summed E-state index contributed by atoms with van der Waals surface area (Å²) in [5.41, 5.74) is 8.23.